The van der Waals surface area contributed by atoms with Crippen LogP contribution in [0.15, 0.2) is 48.7 Å². The topological polar surface area (TPSA) is 71.5 Å². The van der Waals surface area contributed by atoms with Crippen molar-refractivity contribution in [3.8, 4) is 5.75 Å². The lowest BCUT2D eigenvalue weighted by Crippen LogP contribution is -2.24. The van der Waals surface area contributed by atoms with Gasteiger partial charge in [-0.05, 0) is 24.3 Å². The van der Waals surface area contributed by atoms with Gasteiger partial charge in [-0.2, -0.15) is 0 Å². The average molecular weight is 358 g/mol. The Labute approximate surface area is 149 Å². The second-order valence-corrected chi connectivity index (χ2v) is 7.65. The van der Waals surface area contributed by atoms with E-state index in [1.54, 1.807) is 6.20 Å². The van der Waals surface area contributed by atoms with Gasteiger partial charge in [0, 0.05) is 18.8 Å². The molecule has 7 heteroatoms. The van der Waals surface area contributed by atoms with Crippen molar-refractivity contribution < 1.29 is 14.3 Å². The van der Waals surface area contributed by atoms with E-state index in [4.69, 9.17) is 4.74 Å². The highest BCUT2D eigenvalue weighted by atomic mass is 32.2. The van der Waals surface area contributed by atoms with Crippen LogP contribution in [0.25, 0.3) is 0 Å². The lowest BCUT2D eigenvalue weighted by Gasteiger charge is -2.18. The summed E-state index contributed by atoms with van der Waals surface area (Å²) in [6.07, 6.45) is 1.77. The normalized spacial score (nSPS) is 16.6. The average Bonchev–Trinajstić information content (AvgIpc) is 2.94. The molecule has 0 radical (unpaired) electrons. The fourth-order valence-corrected chi connectivity index (χ4v) is 4.05. The number of benzene rings is 1. The van der Waals surface area contributed by atoms with Crippen LogP contribution >= 0.6 is 0 Å². The fourth-order valence-electron chi connectivity index (χ4n) is 2.44. The van der Waals surface area contributed by atoms with Crippen LogP contribution in [0.3, 0.4) is 0 Å². The maximum atomic E-state index is 11.6. The third-order valence-corrected chi connectivity index (χ3v) is 5.73. The van der Waals surface area contributed by atoms with Crippen LogP contribution in [0.2, 0.25) is 0 Å². The molecule has 0 bridgehead atoms. The van der Waals surface area contributed by atoms with Gasteiger partial charge >= 0.3 is 5.24 Å². The van der Waals surface area contributed by atoms with Gasteiger partial charge in [0.25, 0.3) is 5.91 Å². The van der Waals surface area contributed by atoms with Gasteiger partial charge in [-0.15, -0.1) is 0 Å². The van der Waals surface area contributed by atoms with E-state index in [0.717, 1.165) is 23.7 Å². The highest BCUT2D eigenvalue weighted by molar-refractivity contribution is 8.11. The van der Waals surface area contributed by atoms with Crippen molar-refractivity contribution in [2.75, 3.05) is 30.9 Å². The number of carbonyl (C=O) groups is 2. The first-order valence-electron chi connectivity index (χ1n) is 7.97. The summed E-state index contributed by atoms with van der Waals surface area (Å²) >= 11 is 0. The van der Waals surface area contributed by atoms with E-state index >= 15 is 0 Å². The number of nitrogens with zero attached hydrogens (tertiary/aromatic N) is 2. The molecule has 1 aromatic carbocycles. The lowest BCUT2D eigenvalue weighted by atomic mass is 10.2. The number of amides is 2. The Bertz CT molecular complexity index is 737. The molecule has 25 heavy (non-hydrogen) atoms. The Kier molecular flexibility index (Phi) is 5.55. The largest absolute Gasteiger partial charge is 0.492 e. The van der Waals surface area contributed by atoms with Gasteiger partial charge in [0.05, 0.1) is 17.4 Å². The van der Waals surface area contributed by atoms with Crippen LogP contribution in [0.4, 0.5) is 10.6 Å². The first kappa shape index (κ1) is 17.3. The standard InChI is InChI=1S/C18H19N3O3S/c1-21(16-4-2-3-9-19-16)10-11-24-15-7-5-14(6-8-15)12-25-13-17(22)20-18(25)23/h2-9H,10-13H2,1H3/p+1. The Hall–Kier alpha value is -2.54. The zero-order valence-corrected chi connectivity index (χ0v) is 14.8. The molecule has 130 valence electrons. The highest BCUT2D eigenvalue weighted by Gasteiger charge is 2.40. The number of nitrogens with one attached hydrogen (secondary N) is 1. The third-order valence-electron chi connectivity index (χ3n) is 3.81. The van der Waals surface area contributed by atoms with Gasteiger partial charge in [-0.25, -0.2) is 15.1 Å². The Morgan fingerprint density at radius 2 is 2.00 bits per heavy atom. The molecule has 1 saturated heterocycles. The number of carbonyl (C=O) groups excluding carboxylic acids is 2. The van der Waals surface area contributed by atoms with E-state index in [9.17, 15) is 9.59 Å². The van der Waals surface area contributed by atoms with Crippen LogP contribution in [0.1, 0.15) is 5.56 Å². The summed E-state index contributed by atoms with van der Waals surface area (Å²) in [5, 5.41) is 2.20. The van der Waals surface area contributed by atoms with Crippen molar-refractivity contribution in [2.45, 2.75) is 5.75 Å². The van der Waals surface area contributed by atoms with E-state index in [0.29, 0.717) is 18.1 Å². The molecular formula is C18H20N3O3S+. The molecule has 6 nitrogen and oxygen atoms in total. The van der Waals surface area contributed by atoms with E-state index < -0.39 is 10.9 Å². The SMILES string of the molecule is CN(CCOc1ccc(C[S+]2CC(=O)NC2=O)cc1)c1ccccn1. The smallest absolute Gasteiger partial charge is 0.436 e. The molecule has 1 aliphatic heterocycles. The summed E-state index contributed by atoms with van der Waals surface area (Å²) < 4.78 is 5.76. The molecule has 2 amide bonds. The van der Waals surface area contributed by atoms with Crippen LogP contribution in [0, 0.1) is 0 Å². The summed E-state index contributed by atoms with van der Waals surface area (Å²) in [6.45, 7) is 1.28. The summed E-state index contributed by atoms with van der Waals surface area (Å²) in [5.41, 5.74) is 1.03. The molecular weight excluding hydrogens is 338 g/mol. The third kappa shape index (κ3) is 4.73. The van der Waals surface area contributed by atoms with Crippen molar-refractivity contribution in [1.82, 2.24) is 10.3 Å². The predicted molar refractivity (Wildman–Crippen MR) is 98.9 cm³/mol. The van der Waals surface area contributed by atoms with E-state index in [-0.39, 0.29) is 11.1 Å². The van der Waals surface area contributed by atoms with Gasteiger partial charge in [0.2, 0.25) is 0 Å². The van der Waals surface area contributed by atoms with Gasteiger partial charge in [0.15, 0.2) is 5.75 Å². The van der Waals surface area contributed by atoms with Gasteiger partial charge in [-0.1, -0.05) is 18.2 Å². The number of likely N-dealkylation sites (N-methyl/N-ethyl adjacent to an activating group) is 1. The minimum absolute atomic E-state index is 0.150. The van der Waals surface area contributed by atoms with Crippen LogP contribution < -0.4 is 15.0 Å². The van der Waals surface area contributed by atoms with Crippen LogP contribution in [-0.2, 0) is 21.4 Å². The van der Waals surface area contributed by atoms with Crippen LogP contribution in [0.5, 0.6) is 5.75 Å². The van der Waals surface area contributed by atoms with Gasteiger partial charge in [0.1, 0.15) is 23.9 Å². The quantitative estimate of drug-likeness (QED) is 0.766. The minimum Gasteiger partial charge on any atom is -0.492 e. The van der Waals surface area contributed by atoms with Crippen molar-refractivity contribution >= 4 is 27.9 Å². The minimum atomic E-state index is -0.546. The van der Waals surface area contributed by atoms with Crippen molar-refractivity contribution in [3.05, 3.63) is 54.2 Å². The maximum Gasteiger partial charge on any atom is 0.436 e. The lowest BCUT2D eigenvalue weighted by molar-refractivity contribution is -0.117. The Morgan fingerprint density at radius 3 is 2.64 bits per heavy atom. The number of anilines is 1. The first-order valence-corrected chi connectivity index (χ1v) is 9.53. The molecule has 1 N–H and O–H groups in total. The molecule has 0 spiro atoms. The van der Waals surface area contributed by atoms with Crippen molar-refractivity contribution in [3.63, 3.8) is 0 Å². The number of rotatable bonds is 7. The van der Waals surface area contributed by atoms with Gasteiger partial charge in [-0.3, -0.25) is 4.79 Å². The molecule has 2 heterocycles. The predicted octanol–water partition coefficient (Wildman–Crippen LogP) is 1.96. The van der Waals surface area contributed by atoms with Crippen molar-refractivity contribution in [1.29, 1.82) is 0 Å². The molecule has 2 aromatic rings. The van der Waals surface area contributed by atoms with Crippen molar-refractivity contribution in [2.24, 2.45) is 0 Å². The summed E-state index contributed by atoms with van der Waals surface area (Å²) in [5.74, 6) is 2.42. The molecule has 1 unspecified atom stereocenters. The van der Waals surface area contributed by atoms with Crippen LogP contribution in [-0.4, -0.2) is 42.1 Å². The number of ether oxygens (including phenoxy) is 1. The number of imide groups is 1. The molecule has 1 aromatic heterocycles. The number of hydrogen-bond donors (Lipinski definition) is 1. The molecule has 0 aliphatic carbocycles. The summed E-state index contributed by atoms with van der Waals surface area (Å²) in [6, 6.07) is 13.5. The summed E-state index contributed by atoms with van der Waals surface area (Å²) in [7, 11) is 1.43. The molecule has 1 fully saturated rings. The molecule has 3 rings (SSSR count). The second kappa shape index (κ2) is 8.02. The first-order chi connectivity index (χ1) is 12.1. The Balaban J connectivity index is 1.46. The van der Waals surface area contributed by atoms with E-state index in [1.165, 1.54) is 0 Å². The molecule has 1 atom stereocenters. The maximum absolute atomic E-state index is 11.6. The number of pyridine rings is 1. The zero-order chi connectivity index (χ0) is 17.6. The van der Waals surface area contributed by atoms with E-state index in [1.807, 2.05) is 54.4 Å². The molecule has 0 saturated carbocycles. The van der Waals surface area contributed by atoms with E-state index in [2.05, 4.69) is 10.3 Å². The monoisotopic (exact) mass is 358 g/mol. The molecule has 1 aliphatic rings. The fraction of sp³-hybridized carbons (Fsp3) is 0.278. The highest BCUT2D eigenvalue weighted by Crippen LogP contribution is 2.18. The zero-order valence-electron chi connectivity index (χ0n) is 14.0. The summed E-state index contributed by atoms with van der Waals surface area (Å²) in [4.78, 5) is 29.2. The Morgan fingerprint density at radius 1 is 1.20 bits per heavy atom. The second-order valence-electron chi connectivity index (χ2n) is 5.72. The van der Waals surface area contributed by atoms with Gasteiger partial charge < -0.3 is 9.64 Å². The number of hydrogen-bond acceptors (Lipinski definition) is 5. The number of aromatic nitrogens is 1.